The molecule has 1 aromatic heterocycles. The molecule has 1 aromatic carbocycles. The Kier molecular flexibility index (Phi) is 5.03. The van der Waals surface area contributed by atoms with E-state index < -0.39 is 0 Å². The van der Waals surface area contributed by atoms with Crippen LogP contribution < -0.4 is 10.1 Å². The fraction of sp³-hybridized carbons (Fsp3) is 0.389. The minimum absolute atomic E-state index is 0.558. The zero-order valence-corrected chi connectivity index (χ0v) is 13.0. The highest BCUT2D eigenvalue weighted by atomic mass is 16.5. The van der Waals surface area contributed by atoms with Crippen molar-refractivity contribution in [2.24, 2.45) is 0 Å². The molecule has 0 radical (unpaired) electrons. The van der Waals surface area contributed by atoms with E-state index in [4.69, 9.17) is 4.74 Å². The maximum atomic E-state index is 5.79. The molecule has 0 amide bonds. The molecule has 4 heteroatoms. The summed E-state index contributed by atoms with van der Waals surface area (Å²) in [4.78, 5) is 6.58. The highest BCUT2D eigenvalue weighted by Gasteiger charge is 2.15. The van der Waals surface area contributed by atoms with Crippen LogP contribution in [0, 0.1) is 0 Å². The van der Waals surface area contributed by atoms with Crippen LogP contribution in [0.4, 0.5) is 0 Å². The van der Waals surface area contributed by atoms with Crippen molar-refractivity contribution in [2.75, 3.05) is 19.6 Å². The van der Waals surface area contributed by atoms with Crippen molar-refractivity contribution in [2.45, 2.75) is 26.1 Å². The first kappa shape index (κ1) is 15.0. The molecule has 0 aliphatic carbocycles. The highest BCUT2D eigenvalue weighted by Crippen LogP contribution is 2.16. The Balaban J connectivity index is 1.51. The highest BCUT2D eigenvalue weighted by molar-refractivity contribution is 5.27. The van der Waals surface area contributed by atoms with Gasteiger partial charge in [0.05, 0.1) is 0 Å². The van der Waals surface area contributed by atoms with Crippen LogP contribution in [0.2, 0.25) is 0 Å². The average Bonchev–Trinajstić information content (AvgIpc) is 2.55. The van der Waals surface area contributed by atoms with Crippen LogP contribution in [0.3, 0.4) is 0 Å². The number of aromatic nitrogens is 1. The molecule has 0 unspecified atom stereocenters. The lowest BCUT2D eigenvalue weighted by Crippen LogP contribution is -2.48. The topological polar surface area (TPSA) is 37.4 Å². The van der Waals surface area contributed by atoms with Gasteiger partial charge in [-0.25, -0.2) is 0 Å². The summed E-state index contributed by atoms with van der Waals surface area (Å²) >= 11 is 0. The number of hydrogen-bond donors (Lipinski definition) is 1. The predicted octanol–water partition coefficient (Wildman–Crippen LogP) is 2.45. The second-order valence-corrected chi connectivity index (χ2v) is 5.88. The van der Waals surface area contributed by atoms with Gasteiger partial charge in [-0.3, -0.25) is 9.88 Å². The smallest absolute Gasteiger partial charge is 0.119 e. The monoisotopic (exact) mass is 297 g/mol. The second-order valence-electron chi connectivity index (χ2n) is 5.88. The maximum Gasteiger partial charge on any atom is 0.119 e. The van der Waals surface area contributed by atoms with Crippen molar-refractivity contribution in [3.05, 3.63) is 59.9 Å². The van der Waals surface area contributed by atoms with Crippen molar-refractivity contribution in [1.82, 2.24) is 15.2 Å². The molecule has 3 rings (SSSR count). The third-order valence-electron chi connectivity index (χ3n) is 3.91. The van der Waals surface area contributed by atoms with Crippen molar-refractivity contribution in [1.29, 1.82) is 0 Å². The normalized spacial score (nSPS) is 19.0. The van der Waals surface area contributed by atoms with E-state index >= 15 is 0 Å². The van der Waals surface area contributed by atoms with Gasteiger partial charge in [0.1, 0.15) is 12.4 Å². The Morgan fingerprint density at radius 3 is 2.82 bits per heavy atom. The summed E-state index contributed by atoms with van der Waals surface area (Å²) in [6.07, 6.45) is 3.61. The van der Waals surface area contributed by atoms with Gasteiger partial charge in [-0.1, -0.05) is 18.2 Å². The number of benzene rings is 1. The molecule has 1 N–H and O–H groups in total. The number of pyridine rings is 1. The third kappa shape index (κ3) is 4.29. The van der Waals surface area contributed by atoms with E-state index in [1.165, 1.54) is 5.56 Å². The summed E-state index contributed by atoms with van der Waals surface area (Å²) in [5.74, 6) is 0.904. The largest absolute Gasteiger partial charge is 0.489 e. The quantitative estimate of drug-likeness (QED) is 0.920. The Hall–Kier alpha value is -1.91. The molecule has 4 nitrogen and oxygen atoms in total. The fourth-order valence-electron chi connectivity index (χ4n) is 2.76. The molecule has 2 aromatic rings. The van der Waals surface area contributed by atoms with E-state index in [0.29, 0.717) is 12.6 Å². The second kappa shape index (κ2) is 7.38. The third-order valence-corrected chi connectivity index (χ3v) is 3.91. The number of nitrogens with zero attached hydrogens (tertiary/aromatic N) is 2. The summed E-state index contributed by atoms with van der Waals surface area (Å²) < 4.78 is 5.79. The first-order valence-corrected chi connectivity index (χ1v) is 7.86. The SMILES string of the molecule is C[C@@H]1CN(Cc2ccc(OCc3cccnc3)cc2)CCN1. The van der Waals surface area contributed by atoms with Crippen molar-refractivity contribution < 1.29 is 4.74 Å². The minimum Gasteiger partial charge on any atom is -0.489 e. The maximum absolute atomic E-state index is 5.79. The van der Waals surface area contributed by atoms with E-state index in [0.717, 1.165) is 37.5 Å². The minimum atomic E-state index is 0.558. The van der Waals surface area contributed by atoms with E-state index in [9.17, 15) is 0 Å². The molecule has 0 saturated carbocycles. The average molecular weight is 297 g/mol. The lowest BCUT2D eigenvalue weighted by atomic mass is 10.1. The summed E-state index contributed by atoms with van der Waals surface area (Å²) in [5, 5.41) is 3.47. The molecule has 1 aliphatic rings. The lowest BCUT2D eigenvalue weighted by molar-refractivity contribution is 0.199. The summed E-state index contributed by atoms with van der Waals surface area (Å²) in [7, 11) is 0. The number of hydrogen-bond acceptors (Lipinski definition) is 4. The van der Waals surface area contributed by atoms with E-state index in [1.54, 1.807) is 6.20 Å². The predicted molar refractivity (Wildman–Crippen MR) is 87.8 cm³/mol. The van der Waals surface area contributed by atoms with Gasteiger partial charge in [-0.15, -0.1) is 0 Å². The van der Waals surface area contributed by atoms with Gasteiger partial charge in [-0.2, -0.15) is 0 Å². The molecule has 116 valence electrons. The first-order valence-electron chi connectivity index (χ1n) is 7.86. The van der Waals surface area contributed by atoms with E-state index in [-0.39, 0.29) is 0 Å². The van der Waals surface area contributed by atoms with Crippen LogP contribution in [0.1, 0.15) is 18.1 Å². The van der Waals surface area contributed by atoms with Crippen molar-refractivity contribution >= 4 is 0 Å². The Morgan fingerprint density at radius 1 is 1.23 bits per heavy atom. The van der Waals surface area contributed by atoms with Gasteiger partial charge in [-0.05, 0) is 30.7 Å². The fourth-order valence-corrected chi connectivity index (χ4v) is 2.76. The number of ether oxygens (including phenoxy) is 1. The Bertz CT molecular complexity index is 571. The van der Waals surface area contributed by atoms with E-state index in [2.05, 4.69) is 46.4 Å². The summed E-state index contributed by atoms with van der Waals surface area (Å²) in [5.41, 5.74) is 2.42. The molecular formula is C18H23N3O. The first-order chi connectivity index (χ1) is 10.8. The molecule has 0 spiro atoms. The van der Waals surface area contributed by atoms with Crippen LogP contribution in [-0.4, -0.2) is 35.6 Å². The van der Waals surface area contributed by atoms with Crippen molar-refractivity contribution in [3.63, 3.8) is 0 Å². The van der Waals surface area contributed by atoms with Gasteiger partial charge in [0.2, 0.25) is 0 Å². The number of rotatable bonds is 5. The zero-order chi connectivity index (χ0) is 15.2. The molecule has 22 heavy (non-hydrogen) atoms. The molecule has 2 heterocycles. The van der Waals surface area contributed by atoms with Crippen LogP contribution in [0.5, 0.6) is 5.75 Å². The number of piperazine rings is 1. The lowest BCUT2D eigenvalue weighted by Gasteiger charge is -2.31. The van der Waals surface area contributed by atoms with Crippen LogP contribution in [0.25, 0.3) is 0 Å². The van der Waals surface area contributed by atoms with Crippen LogP contribution in [-0.2, 0) is 13.2 Å². The van der Waals surface area contributed by atoms with Gasteiger partial charge in [0.15, 0.2) is 0 Å². The summed E-state index contributed by atoms with van der Waals surface area (Å²) in [6.45, 7) is 7.11. The summed E-state index contributed by atoms with van der Waals surface area (Å²) in [6, 6.07) is 12.9. The zero-order valence-electron chi connectivity index (χ0n) is 13.0. The van der Waals surface area contributed by atoms with Gasteiger partial charge >= 0.3 is 0 Å². The van der Waals surface area contributed by atoms with Crippen molar-refractivity contribution in [3.8, 4) is 5.75 Å². The molecule has 1 atom stereocenters. The molecule has 1 fully saturated rings. The van der Waals surface area contributed by atoms with Gasteiger partial charge in [0, 0.05) is 50.2 Å². The molecule has 0 bridgehead atoms. The van der Waals surface area contributed by atoms with E-state index in [1.807, 2.05) is 18.3 Å². The molecule has 1 saturated heterocycles. The molecular weight excluding hydrogens is 274 g/mol. The molecule has 1 aliphatic heterocycles. The Morgan fingerprint density at radius 2 is 2.09 bits per heavy atom. The number of nitrogens with one attached hydrogen (secondary N) is 1. The van der Waals surface area contributed by atoms with Gasteiger partial charge in [0.25, 0.3) is 0 Å². The van der Waals surface area contributed by atoms with Crippen LogP contribution >= 0.6 is 0 Å². The van der Waals surface area contributed by atoms with Crippen LogP contribution in [0.15, 0.2) is 48.8 Å². The Labute approximate surface area is 132 Å². The van der Waals surface area contributed by atoms with Gasteiger partial charge < -0.3 is 10.1 Å². The standard InChI is InChI=1S/C18H23N3O/c1-15-12-21(10-9-20-15)13-16-4-6-18(7-5-16)22-14-17-3-2-8-19-11-17/h2-8,11,15,20H,9-10,12-14H2,1H3/t15-/m1/s1.